The molecule has 1 unspecified atom stereocenters. The van der Waals surface area contributed by atoms with Crippen molar-refractivity contribution in [1.82, 2.24) is 21.3 Å². The molecule has 0 radical (unpaired) electrons. The fourth-order valence-electron chi connectivity index (χ4n) is 3.88. The van der Waals surface area contributed by atoms with Crippen molar-refractivity contribution < 1.29 is 38.9 Å². The van der Waals surface area contributed by atoms with E-state index in [0.717, 1.165) is 6.42 Å². The average molecular weight is 528 g/mol. The average Bonchev–Trinajstić information content (AvgIpc) is 2.85. The second-order valence-corrected chi connectivity index (χ2v) is 8.93. The lowest BCUT2D eigenvalue weighted by molar-refractivity contribution is -0.133. The van der Waals surface area contributed by atoms with Crippen LogP contribution in [0.5, 0.6) is 0 Å². The Morgan fingerprint density at radius 3 is 2.16 bits per heavy atom. The van der Waals surface area contributed by atoms with Crippen LogP contribution in [0.2, 0.25) is 0 Å². The fraction of sp³-hybridized carbons (Fsp3) is 0.708. The number of nitrogens with one attached hydrogen (secondary N) is 4. The van der Waals surface area contributed by atoms with Gasteiger partial charge in [0, 0.05) is 51.0 Å². The van der Waals surface area contributed by atoms with Gasteiger partial charge >= 0.3 is 5.97 Å². The number of aliphatic hydroxyl groups excluding tert-OH is 1. The Kier molecular flexibility index (Phi) is 15.1. The molecule has 0 aromatic rings. The molecule has 0 aromatic carbocycles. The summed E-state index contributed by atoms with van der Waals surface area (Å²) >= 11 is 0. The highest BCUT2D eigenvalue weighted by atomic mass is 16.5. The maximum absolute atomic E-state index is 12.0. The summed E-state index contributed by atoms with van der Waals surface area (Å²) in [6, 6.07) is -1.10. The van der Waals surface area contributed by atoms with Gasteiger partial charge in [-0.2, -0.15) is 0 Å². The number of rotatable bonds is 17. The molecule has 0 fully saturated rings. The first kappa shape index (κ1) is 32.0. The summed E-state index contributed by atoms with van der Waals surface area (Å²) < 4.78 is 6.16. The van der Waals surface area contributed by atoms with Gasteiger partial charge in [0.2, 0.25) is 23.6 Å². The Hall–Kier alpha value is -3.03. The van der Waals surface area contributed by atoms with Crippen molar-refractivity contribution in [3.05, 3.63) is 11.6 Å². The molecular weight excluding hydrogens is 486 g/mol. The van der Waals surface area contributed by atoms with Gasteiger partial charge in [-0.1, -0.05) is 6.92 Å². The second kappa shape index (κ2) is 17.4. The third-order valence-electron chi connectivity index (χ3n) is 5.85. The summed E-state index contributed by atoms with van der Waals surface area (Å²) in [7, 11) is 0. The number of carbonyl (C=O) groups is 5. The third kappa shape index (κ3) is 13.2. The first-order valence-corrected chi connectivity index (χ1v) is 12.6. The Bertz CT molecular complexity index is 819. The highest BCUT2D eigenvalue weighted by Gasteiger charge is 2.35. The van der Waals surface area contributed by atoms with E-state index < -0.39 is 36.7 Å². The second-order valence-electron chi connectivity index (χ2n) is 8.93. The van der Waals surface area contributed by atoms with E-state index in [1.54, 1.807) is 0 Å². The minimum Gasteiger partial charge on any atom is -0.478 e. The van der Waals surface area contributed by atoms with Gasteiger partial charge in [0.25, 0.3) is 0 Å². The van der Waals surface area contributed by atoms with Crippen molar-refractivity contribution in [1.29, 1.82) is 0 Å². The molecule has 0 aromatic heterocycles. The minimum absolute atomic E-state index is 0.0242. The van der Waals surface area contributed by atoms with Crippen molar-refractivity contribution in [2.45, 2.75) is 83.1 Å². The maximum Gasteiger partial charge on any atom is 0.331 e. The number of ether oxygens (including phenoxy) is 1. The van der Waals surface area contributed by atoms with Crippen LogP contribution in [0.3, 0.4) is 0 Å². The van der Waals surface area contributed by atoms with Gasteiger partial charge in [0.05, 0.1) is 18.2 Å². The molecule has 0 bridgehead atoms. The van der Waals surface area contributed by atoms with E-state index in [-0.39, 0.29) is 61.8 Å². The van der Waals surface area contributed by atoms with Gasteiger partial charge in [0.15, 0.2) is 0 Å². The topological polar surface area (TPSA) is 209 Å². The van der Waals surface area contributed by atoms with E-state index in [1.807, 2.05) is 6.92 Å². The molecule has 0 spiro atoms. The Labute approximate surface area is 216 Å². The summed E-state index contributed by atoms with van der Waals surface area (Å²) in [6.45, 7) is 3.56. The van der Waals surface area contributed by atoms with E-state index in [2.05, 4.69) is 21.3 Å². The predicted octanol–water partition coefficient (Wildman–Crippen LogP) is -1.31. The van der Waals surface area contributed by atoms with Crippen LogP contribution >= 0.6 is 0 Å². The molecule has 4 amide bonds. The molecule has 4 atom stereocenters. The predicted molar refractivity (Wildman–Crippen MR) is 134 cm³/mol. The number of carboxylic acids is 1. The minimum atomic E-state index is -1.06. The number of aliphatic carboxylic acids is 1. The molecule has 13 nitrogen and oxygen atoms in total. The summed E-state index contributed by atoms with van der Waals surface area (Å²) in [5, 5.41) is 28.5. The Morgan fingerprint density at radius 1 is 1.03 bits per heavy atom. The monoisotopic (exact) mass is 527 g/mol. The highest BCUT2D eigenvalue weighted by molar-refractivity contribution is 5.87. The Balaban J connectivity index is 2.35. The number of hydrogen-bond acceptors (Lipinski definition) is 8. The summed E-state index contributed by atoms with van der Waals surface area (Å²) in [4.78, 5) is 57.6. The van der Waals surface area contributed by atoms with Crippen LogP contribution in [0.4, 0.5) is 0 Å². The van der Waals surface area contributed by atoms with Gasteiger partial charge in [-0.3, -0.25) is 19.2 Å². The van der Waals surface area contributed by atoms with Gasteiger partial charge in [0.1, 0.15) is 6.61 Å². The normalized spacial score (nSPS) is 19.8. The van der Waals surface area contributed by atoms with Crippen molar-refractivity contribution in [2.24, 2.45) is 5.73 Å². The van der Waals surface area contributed by atoms with E-state index in [4.69, 9.17) is 15.6 Å². The van der Waals surface area contributed by atoms with Crippen LogP contribution in [0.1, 0.15) is 58.8 Å². The maximum atomic E-state index is 12.0. The molecule has 1 rings (SSSR count). The number of unbranched alkanes of at least 4 members (excludes halogenated alkanes) is 1. The van der Waals surface area contributed by atoms with E-state index in [9.17, 15) is 29.1 Å². The van der Waals surface area contributed by atoms with Crippen LogP contribution in [-0.4, -0.2) is 90.3 Å². The lowest BCUT2D eigenvalue weighted by Gasteiger charge is -2.36. The van der Waals surface area contributed by atoms with Gasteiger partial charge in [-0.25, -0.2) is 4.79 Å². The van der Waals surface area contributed by atoms with E-state index in [1.165, 1.54) is 13.0 Å². The number of aliphatic hydroxyl groups is 1. The van der Waals surface area contributed by atoms with E-state index >= 15 is 0 Å². The first-order valence-electron chi connectivity index (χ1n) is 12.6. The van der Waals surface area contributed by atoms with Gasteiger partial charge < -0.3 is 42.0 Å². The molecular formula is C24H41N5O8. The number of hydrogen-bond donors (Lipinski definition) is 7. The van der Waals surface area contributed by atoms with Crippen molar-refractivity contribution >= 4 is 29.6 Å². The fourth-order valence-corrected chi connectivity index (χ4v) is 3.88. The van der Waals surface area contributed by atoms with Crippen LogP contribution in [0, 0.1) is 0 Å². The lowest BCUT2D eigenvalue weighted by atomic mass is 9.88. The number of carbonyl (C=O) groups excluding carboxylic acids is 4. The molecule has 210 valence electrons. The smallest absolute Gasteiger partial charge is 0.331 e. The Morgan fingerprint density at radius 2 is 1.62 bits per heavy atom. The number of carboxylic acid groups (broad SMARTS) is 1. The first-order chi connectivity index (χ1) is 17.6. The molecule has 8 N–H and O–H groups in total. The third-order valence-corrected chi connectivity index (χ3v) is 5.85. The highest BCUT2D eigenvalue weighted by Crippen LogP contribution is 2.24. The zero-order valence-electron chi connectivity index (χ0n) is 21.6. The molecule has 37 heavy (non-hydrogen) atoms. The molecule has 0 aliphatic heterocycles. The zero-order valence-corrected chi connectivity index (χ0v) is 21.6. The van der Waals surface area contributed by atoms with Gasteiger partial charge in [-0.05, 0) is 38.2 Å². The van der Waals surface area contributed by atoms with Crippen molar-refractivity contribution in [3.8, 4) is 0 Å². The van der Waals surface area contributed by atoms with Crippen LogP contribution < -0.4 is 27.0 Å². The summed E-state index contributed by atoms with van der Waals surface area (Å²) in [6.07, 6.45) is 3.69. The summed E-state index contributed by atoms with van der Waals surface area (Å²) in [5.74, 6) is -2.40. The van der Waals surface area contributed by atoms with E-state index in [0.29, 0.717) is 25.8 Å². The van der Waals surface area contributed by atoms with Crippen molar-refractivity contribution in [2.75, 3.05) is 26.2 Å². The van der Waals surface area contributed by atoms with Crippen LogP contribution in [0.25, 0.3) is 0 Å². The lowest BCUT2D eigenvalue weighted by Crippen LogP contribution is -2.57. The van der Waals surface area contributed by atoms with Crippen LogP contribution in [-0.2, 0) is 28.7 Å². The molecule has 1 aliphatic carbocycles. The van der Waals surface area contributed by atoms with Crippen molar-refractivity contribution in [3.63, 3.8) is 0 Å². The van der Waals surface area contributed by atoms with Crippen LogP contribution in [0.15, 0.2) is 11.6 Å². The summed E-state index contributed by atoms with van der Waals surface area (Å²) in [5.41, 5.74) is 6.30. The molecule has 0 saturated heterocycles. The van der Waals surface area contributed by atoms with Gasteiger partial charge in [-0.15, -0.1) is 0 Å². The largest absolute Gasteiger partial charge is 0.478 e. The number of amides is 4. The zero-order chi connectivity index (χ0) is 27.8. The number of nitrogens with two attached hydrogens (primary N) is 1. The molecule has 13 heteroatoms. The molecule has 0 saturated carbocycles. The quantitative estimate of drug-likeness (QED) is 0.112. The standard InChI is InChI=1S/C24H41N5O8/c1-3-17(37-19-13-16(24(35)36)12-18(25)23(19)29-15(2)31)6-4-5-9-26-20(32)7-8-21(33)27-10-11-28-22(34)14-30/h13,17-19,23,30H,3-12,14,25H2,1-2H3,(H,26,32)(H,27,33)(H,28,34)(H,29,31)(H,35,36)/t17?,18-,19+,23+/m0/s1. The SMILES string of the molecule is CCC(CCCCNC(=O)CCC(=O)NCCNC(=O)CO)O[C@@H]1C=C(C(=O)O)C[C@H](N)[C@H]1NC(C)=O. The molecule has 1 aliphatic rings. The molecule has 0 heterocycles.